The molecule has 0 amide bonds. The third-order valence-corrected chi connectivity index (χ3v) is 10.6. The molecule has 5 aromatic carbocycles. The highest BCUT2D eigenvalue weighted by Crippen LogP contribution is 2.51. The highest BCUT2D eigenvalue weighted by atomic mass is 31.2. The smallest absolute Gasteiger partial charge is 0.274 e. The van der Waals surface area contributed by atoms with Crippen LogP contribution >= 0.6 is 14.5 Å². The Hall–Kier alpha value is -3.64. The average molecular weight is 599 g/mol. The first-order valence-electron chi connectivity index (χ1n) is 14.5. The van der Waals surface area contributed by atoms with Crippen molar-refractivity contribution in [3.63, 3.8) is 0 Å². The van der Waals surface area contributed by atoms with Gasteiger partial charge in [-0.1, -0.05) is 161 Å². The summed E-state index contributed by atoms with van der Waals surface area (Å²) in [6, 6.07) is 45.0. The van der Waals surface area contributed by atoms with Gasteiger partial charge < -0.3 is 9.09 Å². The first-order chi connectivity index (χ1) is 20.3. The first kappa shape index (κ1) is 34.6. The number of hydrogen-bond donors (Lipinski definition) is 0. The molecule has 1 aliphatic heterocycles. The molecule has 3 nitrogen and oxygen atoms in total. The van der Waals surface area contributed by atoms with Crippen molar-refractivity contribution in [3.05, 3.63) is 145 Å². The highest BCUT2D eigenvalue weighted by molar-refractivity contribution is 7.78. The van der Waals surface area contributed by atoms with Gasteiger partial charge in [-0.2, -0.15) is 0 Å². The molecule has 42 heavy (non-hydrogen) atoms. The molecule has 1 aliphatic rings. The maximum Gasteiger partial charge on any atom is 0.274 e. The van der Waals surface area contributed by atoms with E-state index in [0.717, 1.165) is 27.0 Å². The summed E-state index contributed by atoms with van der Waals surface area (Å²) >= 11 is 0. The van der Waals surface area contributed by atoms with Crippen LogP contribution in [-0.4, -0.2) is 13.3 Å². The Balaban J connectivity index is 0.000000220. The summed E-state index contributed by atoms with van der Waals surface area (Å²) < 4.78 is 30.6. The molecule has 0 saturated carbocycles. The maximum absolute atomic E-state index is 12.6. The number of benzene rings is 5. The Morgan fingerprint density at radius 2 is 0.929 bits per heavy atom. The van der Waals surface area contributed by atoms with E-state index in [1.165, 1.54) is 5.56 Å². The second-order valence-corrected chi connectivity index (χ2v) is 14.4. The summed E-state index contributed by atoms with van der Waals surface area (Å²) in [5.74, 6) is 0.715. The average Bonchev–Trinajstić information content (AvgIpc) is 3.05. The molecule has 0 saturated heterocycles. The van der Waals surface area contributed by atoms with Crippen molar-refractivity contribution in [2.24, 2.45) is 0 Å². The fraction of sp³-hybridized carbons (Fsp3) is 0.189. The maximum atomic E-state index is 12.6. The molecule has 0 aliphatic carbocycles. The lowest BCUT2D eigenvalue weighted by Crippen LogP contribution is -2.16. The van der Waals surface area contributed by atoms with Crippen LogP contribution < -0.4 is 20.4 Å². The number of fused-ring (bicyclic) bond motifs is 3. The minimum Gasteiger partial charge on any atom is -0.439 e. The Bertz CT molecular complexity index is 1520. The summed E-state index contributed by atoms with van der Waals surface area (Å²) in [4.78, 5) is 0. The van der Waals surface area contributed by atoms with E-state index in [2.05, 4.69) is 19.1 Å². The summed E-state index contributed by atoms with van der Waals surface area (Å²) in [6.07, 6.45) is 0. The molecule has 0 spiro atoms. The Morgan fingerprint density at radius 3 is 1.38 bits per heavy atom. The number of rotatable bonds is 2. The van der Waals surface area contributed by atoms with E-state index in [1.54, 1.807) is 6.66 Å². The standard InChI is InChI=1S/C13H11O2P.C13H13OP.C7H8.2C2H6/c1-16(14)13-9-5-3-7-11(13)10-6-2-4-8-12(10)15-16;1-15(14,12-8-4-2-5-9-12)13-10-6-3-7-11-13;1-7-5-3-2-4-6-7;2*1-2/h2-9H,1H3;2-11H,1H3;2-6H,1H3;2*1-2H3. The third-order valence-electron chi connectivity index (χ3n) is 6.23. The molecule has 6 rings (SSSR count). The molecule has 0 bridgehead atoms. The topological polar surface area (TPSA) is 43.4 Å². The minimum absolute atomic E-state index is 0.715. The van der Waals surface area contributed by atoms with Gasteiger partial charge in [0.15, 0.2) is 0 Å². The Labute approximate surface area is 253 Å². The highest BCUT2D eigenvalue weighted by Gasteiger charge is 2.30. The van der Waals surface area contributed by atoms with Crippen LogP contribution in [0.4, 0.5) is 0 Å². The molecule has 5 aromatic rings. The molecule has 0 fully saturated rings. The van der Waals surface area contributed by atoms with Crippen LogP contribution in [0.25, 0.3) is 11.1 Å². The van der Waals surface area contributed by atoms with E-state index in [1.807, 2.05) is 162 Å². The number of para-hydroxylation sites is 1. The zero-order chi connectivity index (χ0) is 31.0. The lowest BCUT2D eigenvalue weighted by Gasteiger charge is -2.25. The second kappa shape index (κ2) is 17.3. The second-order valence-electron chi connectivity index (χ2n) is 9.20. The van der Waals surface area contributed by atoms with Crippen molar-refractivity contribution >= 4 is 30.4 Å². The molecule has 0 radical (unpaired) electrons. The van der Waals surface area contributed by atoms with Crippen LogP contribution in [0.15, 0.2) is 140 Å². The molecule has 5 heteroatoms. The van der Waals surface area contributed by atoms with E-state index in [4.69, 9.17) is 4.52 Å². The fourth-order valence-corrected chi connectivity index (χ4v) is 7.57. The molecule has 1 unspecified atom stereocenters. The number of hydrogen-bond acceptors (Lipinski definition) is 3. The summed E-state index contributed by atoms with van der Waals surface area (Å²) in [7, 11) is -5.11. The van der Waals surface area contributed by atoms with E-state index in [9.17, 15) is 9.13 Å². The predicted octanol–water partition coefficient (Wildman–Crippen LogP) is 9.96. The van der Waals surface area contributed by atoms with E-state index >= 15 is 0 Å². The molecule has 0 aromatic heterocycles. The Morgan fingerprint density at radius 1 is 0.548 bits per heavy atom. The SMILES string of the molecule is CC.CC.CP(=O)(c1ccccc1)c1ccccc1.CP1(=O)Oc2ccccc2-c2ccccc21.Cc1ccccc1. The van der Waals surface area contributed by atoms with Gasteiger partial charge in [0.05, 0.1) is 5.30 Å². The van der Waals surface area contributed by atoms with Gasteiger partial charge in [-0.25, -0.2) is 0 Å². The van der Waals surface area contributed by atoms with Crippen molar-refractivity contribution in [2.75, 3.05) is 13.3 Å². The first-order valence-corrected chi connectivity index (χ1v) is 18.7. The molecular formula is C37H44O3P2. The van der Waals surface area contributed by atoms with Gasteiger partial charge in [0.2, 0.25) is 0 Å². The lowest BCUT2D eigenvalue weighted by atomic mass is 10.0. The third kappa shape index (κ3) is 9.45. The molecule has 1 atom stereocenters. The van der Waals surface area contributed by atoms with E-state index in [-0.39, 0.29) is 0 Å². The molecule has 1 heterocycles. The molecule has 0 N–H and O–H groups in total. The van der Waals surface area contributed by atoms with Gasteiger partial charge in [0.1, 0.15) is 12.9 Å². The fourth-order valence-electron chi connectivity index (χ4n) is 4.17. The zero-order valence-electron chi connectivity index (χ0n) is 25.9. The Kier molecular flexibility index (Phi) is 14.3. The van der Waals surface area contributed by atoms with Crippen LogP contribution in [0.3, 0.4) is 0 Å². The zero-order valence-corrected chi connectivity index (χ0v) is 27.7. The van der Waals surface area contributed by atoms with E-state index < -0.39 is 14.5 Å². The van der Waals surface area contributed by atoms with Crippen molar-refractivity contribution in [1.29, 1.82) is 0 Å². The minimum atomic E-state index is -2.71. The van der Waals surface area contributed by atoms with E-state index in [0.29, 0.717) is 5.75 Å². The van der Waals surface area contributed by atoms with Crippen LogP contribution in [0.2, 0.25) is 0 Å². The van der Waals surface area contributed by atoms with Gasteiger partial charge in [0.25, 0.3) is 7.37 Å². The summed E-state index contributed by atoms with van der Waals surface area (Å²) in [5, 5.41) is 2.64. The summed E-state index contributed by atoms with van der Waals surface area (Å²) in [6.45, 7) is 13.6. The van der Waals surface area contributed by atoms with Crippen LogP contribution in [0.5, 0.6) is 5.75 Å². The quantitative estimate of drug-likeness (QED) is 0.190. The number of aryl methyl sites for hydroxylation is 1. The van der Waals surface area contributed by atoms with Gasteiger partial charge in [0, 0.05) is 22.8 Å². The monoisotopic (exact) mass is 598 g/mol. The molecular weight excluding hydrogens is 554 g/mol. The van der Waals surface area contributed by atoms with Crippen LogP contribution in [0, 0.1) is 6.92 Å². The lowest BCUT2D eigenvalue weighted by molar-refractivity contribution is 0.497. The molecule has 220 valence electrons. The van der Waals surface area contributed by atoms with Crippen LogP contribution in [-0.2, 0) is 9.13 Å². The van der Waals surface area contributed by atoms with Crippen molar-refractivity contribution < 1.29 is 13.7 Å². The van der Waals surface area contributed by atoms with Gasteiger partial charge in [-0.3, -0.25) is 4.57 Å². The van der Waals surface area contributed by atoms with Crippen LogP contribution in [0.1, 0.15) is 33.3 Å². The summed E-state index contributed by atoms with van der Waals surface area (Å²) in [5.41, 5.74) is 3.36. The van der Waals surface area contributed by atoms with Gasteiger partial charge in [-0.05, 0) is 31.3 Å². The van der Waals surface area contributed by atoms with Gasteiger partial charge >= 0.3 is 0 Å². The van der Waals surface area contributed by atoms with Crippen molar-refractivity contribution in [3.8, 4) is 16.9 Å². The van der Waals surface area contributed by atoms with Crippen molar-refractivity contribution in [2.45, 2.75) is 34.6 Å². The largest absolute Gasteiger partial charge is 0.439 e. The van der Waals surface area contributed by atoms with Gasteiger partial charge in [-0.15, -0.1) is 0 Å². The van der Waals surface area contributed by atoms with Crippen molar-refractivity contribution in [1.82, 2.24) is 0 Å². The predicted molar refractivity (Wildman–Crippen MR) is 185 cm³/mol. The normalized spacial score (nSPS) is 14.1.